The minimum Gasteiger partial charge on any atom is -0.497 e. The summed E-state index contributed by atoms with van der Waals surface area (Å²) in [4.78, 5) is 29.6. The Kier molecular flexibility index (Phi) is 6.89. The van der Waals surface area contributed by atoms with Crippen molar-refractivity contribution >= 4 is 30.0 Å². The highest BCUT2D eigenvalue weighted by Crippen LogP contribution is 2.24. The molecule has 4 rings (SSSR count). The van der Waals surface area contributed by atoms with Crippen LogP contribution >= 0.6 is 11.9 Å². The molecular formula is C24H23N5O3S. The van der Waals surface area contributed by atoms with Crippen molar-refractivity contribution in [3.8, 4) is 17.0 Å². The smallest absolute Gasteiger partial charge is 0.271 e. The maximum Gasteiger partial charge on any atom is 0.271 e. The number of hydrazone groups is 1. The molecule has 9 heteroatoms. The van der Waals surface area contributed by atoms with Gasteiger partial charge in [0.05, 0.1) is 24.1 Å². The van der Waals surface area contributed by atoms with E-state index >= 15 is 0 Å². The normalized spacial score (nSPS) is 12.5. The molecule has 0 bridgehead atoms. The molecule has 0 saturated carbocycles. The third kappa shape index (κ3) is 5.50. The Morgan fingerprint density at radius 3 is 2.67 bits per heavy atom. The van der Waals surface area contributed by atoms with Gasteiger partial charge in [0, 0.05) is 42.0 Å². The number of carbonyl (C=O) groups excluding carboxylic acids is 2. The van der Waals surface area contributed by atoms with Crippen molar-refractivity contribution in [1.29, 1.82) is 0 Å². The van der Waals surface area contributed by atoms with E-state index in [2.05, 4.69) is 20.8 Å². The molecule has 2 N–H and O–H groups in total. The van der Waals surface area contributed by atoms with E-state index in [4.69, 9.17) is 4.74 Å². The fourth-order valence-corrected chi connectivity index (χ4v) is 3.81. The molecule has 2 amide bonds. The third-order valence-corrected chi connectivity index (χ3v) is 5.77. The summed E-state index contributed by atoms with van der Waals surface area (Å²) in [6, 6.07) is 16.5. The Hall–Kier alpha value is -3.85. The van der Waals surface area contributed by atoms with Crippen LogP contribution < -0.4 is 15.5 Å². The van der Waals surface area contributed by atoms with Crippen LogP contribution in [0.5, 0.6) is 5.75 Å². The van der Waals surface area contributed by atoms with Gasteiger partial charge in [-0.2, -0.15) is 5.10 Å². The third-order valence-electron chi connectivity index (χ3n) is 5.04. The predicted octanol–water partition coefficient (Wildman–Crippen LogP) is 3.59. The first-order chi connectivity index (χ1) is 16.0. The van der Waals surface area contributed by atoms with Gasteiger partial charge in [0.2, 0.25) is 0 Å². The number of amides is 2. The van der Waals surface area contributed by atoms with Crippen molar-refractivity contribution < 1.29 is 14.3 Å². The molecule has 0 saturated heterocycles. The van der Waals surface area contributed by atoms with E-state index in [9.17, 15) is 9.59 Å². The molecule has 1 aromatic heterocycles. The number of nitrogens with zero attached hydrogens (tertiary/aromatic N) is 3. The van der Waals surface area contributed by atoms with E-state index in [0.717, 1.165) is 28.2 Å². The molecule has 0 unspecified atom stereocenters. The standard InChI is InChI=1S/C24H23N5O3S/c1-16-6-7-18(24(31)28-29-27-10-11-33-29)13-21(16)22-9-8-19(15-25-22)23(30)26-14-17-4-3-5-20(12-17)32-2/h3-10,12-13,15H,11,14H2,1-2H3,(H,26,30)(H,28,31). The fourth-order valence-electron chi connectivity index (χ4n) is 3.25. The maximum atomic E-state index is 12.5. The van der Waals surface area contributed by atoms with Crippen LogP contribution in [-0.4, -0.2) is 40.4 Å². The van der Waals surface area contributed by atoms with Gasteiger partial charge >= 0.3 is 0 Å². The quantitative estimate of drug-likeness (QED) is 0.522. The molecule has 1 aliphatic heterocycles. The summed E-state index contributed by atoms with van der Waals surface area (Å²) in [5.41, 5.74) is 7.11. The molecule has 3 aromatic rings. The Morgan fingerprint density at radius 1 is 1.09 bits per heavy atom. The Bertz CT molecular complexity index is 1200. The van der Waals surface area contributed by atoms with Gasteiger partial charge in [0.15, 0.2) is 0 Å². The molecule has 33 heavy (non-hydrogen) atoms. The summed E-state index contributed by atoms with van der Waals surface area (Å²) in [5, 5.41) is 6.94. The summed E-state index contributed by atoms with van der Waals surface area (Å²) in [7, 11) is 1.61. The lowest BCUT2D eigenvalue weighted by Gasteiger charge is -2.14. The van der Waals surface area contributed by atoms with Crippen LogP contribution in [0.1, 0.15) is 31.8 Å². The number of nitrogens with one attached hydrogen (secondary N) is 2. The average molecular weight is 462 g/mol. The number of hydrazine groups is 1. The SMILES string of the molecule is COc1cccc(CNC(=O)c2ccc(-c3cc(C(=O)NN4N=CCS4)ccc3C)nc2)c1. The lowest BCUT2D eigenvalue weighted by molar-refractivity contribution is 0.0890. The van der Waals surface area contributed by atoms with Gasteiger partial charge in [0.25, 0.3) is 11.8 Å². The first kappa shape index (κ1) is 22.3. The summed E-state index contributed by atoms with van der Waals surface area (Å²) in [6.45, 7) is 2.33. The molecule has 0 spiro atoms. The van der Waals surface area contributed by atoms with Crippen LogP contribution in [0.2, 0.25) is 0 Å². The van der Waals surface area contributed by atoms with Gasteiger partial charge in [-0.05, 0) is 54.4 Å². The van der Waals surface area contributed by atoms with Gasteiger partial charge in [0.1, 0.15) is 5.75 Å². The highest BCUT2D eigenvalue weighted by Gasteiger charge is 2.15. The summed E-state index contributed by atoms with van der Waals surface area (Å²) in [5.74, 6) is 0.996. The molecular weight excluding hydrogens is 438 g/mol. The van der Waals surface area contributed by atoms with Crippen LogP contribution in [0.15, 0.2) is 65.9 Å². The zero-order chi connectivity index (χ0) is 23.2. The molecule has 2 heterocycles. The molecule has 0 atom stereocenters. The Labute approximate surface area is 196 Å². The van der Waals surface area contributed by atoms with Gasteiger partial charge in [-0.3, -0.25) is 14.6 Å². The Morgan fingerprint density at radius 2 is 1.94 bits per heavy atom. The zero-order valence-electron chi connectivity index (χ0n) is 18.2. The van der Waals surface area contributed by atoms with Crippen LogP contribution in [0.3, 0.4) is 0 Å². The maximum absolute atomic E-state index is 12.5. The predicted molar refractivity (Wildman–Crippen MR) is 129 cm³/mol. The molecule has 8 nitrogen and oxygen atoms in total. The van der Waals surface area contributed by atoms with Crippen molar-refractivity contribution in [3.63, 3.8) is 0 Å². The number of pyridine rings is 1. The average Bonchev–Trinajstić information content (AvgIpc) is 3.36. The van der Waals surface area contributed by atoms with E-state index in [1.54, 1.807) is 37.6 Å². The van der Waals surface area contributed by atoms with E-state index in [1.165, 1.54) is 22.7 Å². The topological polar surface area (TPSA) is 95.9 Å². The summed E-state index contributed by atoms with van der Waals surface area (Å²) < 4.78 is 6.65. The zero-order valence-corrected chi connectivity index (χ0v) is 19.1. The molecule has 0 aliphatic carbocycles. The highest BCUT2D eigenvalue weighted by atomic mass is 32.2. The minimum atomic E-state index is -0.253. The van der Waals surface area contributed by atoms with Crippen LogP contribution in [0, 0.1) is 6.92 Å². The van der Waals surface area contributed by atoms with Crippen molar-refractivity contribution in [2.24, 2.45) is 5.10 Å². The van der Waals surface area contributed by atoms with Crippen LogP contribution in [0.4, 0.5) is 0 Å². The lowest BCUT2D eigenvalue weighted by atomic mass is 10.0. The van der Waals surface area contributed by atoms with E-state index < -0.39 is 0 Å². The van der Waals surface area contributed by atoms with Crippen molar-refractivity contribution in [2.75, 3.05) is 12.9 Å². The van der Waals surface area contributed by atoms with Crippen LogP contribution in [-0.2, 0) is 6.54 Å². The summed E-state index contributed by atoms with van der Waals surface area (Å²) >= 11 is 1.40. The number of ether oxygens (including phenoxy) is 1. The second-order valence-corrected chi connectivity index (χ2v) is 8.24. The second-order valence-electron chi connectivity index (χ2n) is 7.30. The fraction of sp³-hybridized carbons (Fsp3) is 0.167. The number of rotatable bonds is 7. The molecule has 2 aromatic carbocycles. The number of aryl methyl sites for hydroxylation is 1. The Balaban J connectivity index is 1.44. The highest BCUT2D eigenvalue weighted by molar-refractivity contribution is 7.97. The van der Waals surface area contributed by atoms with Gasteiger partial charge in [-0.15, -0.1) is 4.52 Å². The van der Waals surface area contributed by atoms with E-state index in [-0.39, 0.29) is 11.8 Å². The van der Waals surface area contributed by atoms with Gasteiger partial charge in [-0.1, -0.05) is 18.2 Å². The number of hydrogen-bond donors (Lipinski definition) is 2. The molecule has 0 radical (unpaired) electrons. The van der Waals surface area contributed by atoms with Crippen LogP contribution in [0.25, 0.3) is 11.3 Å². The van der Waals surface area contributed by atoms with Gasteiger partial charge < -0.3 is 10.1 Å². The number of benzene rings is 2. The number of carbonyl (C=O) groups is 2. The molecule has 168 valence electrons. The van der Waals surface area contributed by atoms with Crippen molar-refractivity contribution in [3.05, 3.63) is 83.0 Å². The van der Waals surface area contributed by atoms with E-state index in [1.807, 2.05) is 37.3 Å². The minimum absolute atomic E-state index is 0.217. The molecule has 0 fully saturated rings. The first-order valence-corrected chi connectivity index (χ1v) is 11.2. The summed E-state index contributed by atoms with van der Waals surface area (Å²) in [6.07, 6.45) is 3.27. The number of aromatic nitrogens is 1. The second kappa shape index (κ2) is 10.2. The number of hydrogen-bond acceptors (Lipinski definition) is 7. The van der Waals surface area contributed by atoms with Gasteiger partial charge in [-0.25, -0.2) is 5.43 Å². The van der Waals surface area contributed by atoms with Crippen molar-refractivity contribution in [2.45, 2.75) is 13.5 Å². The van der Waals surface area contributed by atoms with Crippen molar-refractivity contribution in [1.82, 2.24) is 20.2 Å². The molecule has 1 aliphatic rings. The van der Waals surface area contributed by atoms with E-state index in [0.29, 0.717) is 23.4 Å². The number of methoxy groups -OCH3 is 1. The lowest BCUT2D eigenvalue weighted by Crippen LogP contribution is -2.32. The monoisotopic (exact) mass is 461 g/mol. The largest absolute Gasteiger partial charge is 0.497 e. The first-order valence-electron chi connectivity index (χ1n) is 10.3.